The number of ether oxygens (including phenoxy) is 2. The summed E-state index contributed by atoms with van der Waals surface area (Å²) in [6.07, 6.45) is 65.5. The first-order chi connectivity index (χ1) is 34.0. The largest absolute Gasteiger partial charge is 0.756 e. The number of hydrogen-bond donors (Lipinski definition) is 0. The van der Waals surface area contributed by atoms with Crippen molar-refractivity contribution < 1.29 is 42.1 Å². The number of phosphoric ester groups is 1. The number of nitrogens with zero attached hydrogens (tertiary/aromatic N) is 1. The zero-order valence-electron chi connectivity index (χ0n) is 46.2. The second-order valence-electron chi connectivity index (χ2n) is 20.6. The first-order valence-corrected chi connectivity index (χ1v) is 30.5. The highest BCUT2D eigenvalue weighted by molar-refractivity contribution is 7.45. The maximum absolute atomic E-state index is 12.8. The molecule has 0 aliphatic carbocycles. The lowest BCUT2D eigenvalue weighted by molar-refractivity contribution is -0.870. The molecule has 0 aromatic heterocycles. The molecule has 0 fully saturated rings. The molecule has 2 atom stereocenters. The van der Waals surface area contributed by atoms with Gasteiger partial charge in [0.15, 0.2) is 6.10 Å². The van der Waals surface area contributed by atoms with Crippen molar-refractivity contribution in [2.45, 2.75) is 264 Å². The zero-order chi connectivity index (χ0) is 51.3. The third-order valence-electron chi connectivity index (χ3n) is 12.5. The van der Waals surface area contributed by atoms with Crippen molar-refractivity contribution in [2.75, 3.05) is 47.5 Å². The van der Waals surface area contributed by atoms with Gasteiger partial charge < -0.3 is 27.9 Å². The minimum Gasteiger partial charge on any atom is -0.756 e. The van der Waals surface area contributed by atoms with E-state index in [1.165, 1.54) is 161 Å². The SMILES string of the molecule is CC/C=C\C/C=C\C/C=C\C/C=C\CCCCCCCCCCCCCCCCC(=O)OC(COC(=O)CCCCCCCCCCC/C=C\CCCCCCCC)COP(=O)([O-])OCC[N+](C)(C)C. The summed E-state index contributed by atoms with van der Waals surface area (Å²) in [5.74, 6) is -0.829. The Bertz CT molecular complexity index is 1370. The fraction of sp³-hybridized carbons (Fsp3) is 0.800. The van der Waals surface area contributed by atoms with Crippen LogP contribution in [-0.4, -0.2) is 70.0 Å². The third kappa shape index (κ3) is 55.0. The Morgan fingerprint density at radius 1 is 0.457 bits per heavy atom. The van der Waals surface area contributed by atoms with Crippen LogP contribution in [0.4, 0.5) is 0 Å². The minimum atomic E-state index is -4.64. The molecular weight excluding hydrogens is 894 g/mol. The molecule has 0 saturated heterocycles. The van der Waals surface area contributed by atoms with Crippen molar-refractivity contribution in [2.24, 2.45) is 0 Å². The second kappa shape index (κ2) is 51.6. The number of phosphoric acid groups is 1. The molecular formula is C60H110NO8P. The first kappa shape index (κ1) is 67.7. The quantitative estimate of drug-likeness (QED) is 0.0195. The van der Waals surface area contributed by atoms with Crippen molar-refractivity contribution >= 4 is 19.8 Å². The van der Waals surface area contributed by atoms with E-state index in [-0.39, 0.29) is 32.0 Å². The molecule has 0 spiro atoms. The Morgan fingerprint density at radius 2 is 0.814 bits per heavy atom. The number of hydrogen-bond acceptors (Lipinski definition) is 8. The maximum atomic E-state index is 12.8. The number of carbonyl (C=O) groups excluding carboxylic acids is 2. The van der Waals surface area contributed by atoms with Crippen molar-refractivity contribution in [3.8, 4) is 0 Å². The van der Waals surface area contributed by atoms with Crippen LogP contribution < -0.4 is 4.89 Å². The van der Waals surface area contributed by atoms with Gasteiger partial charge in [0.05, 0.1) is 27.7 Å². The average Bonchev–Trinajstić information content (AvgIpc) is 3.32. The highest BCUT2D eigenvalue weighted by Gasteiger charge is 2.22. The van der Waals surface area contributed by atoms with Crippen LogP contribution in [0.15, 0.2) is 60.8 Å². The van der Waals surface area contributed by atoms with Crippen LogP contribution >= 0.6 is 7.82 Å². The van der Waals surface area contributed by atoms with E-state index < -0.39 is 26.5 Å². The molecule has 0 amide bonds. The van der Waals surface area contributed by atoms with E-state index >= 15 is 0 Å². The second-order valence-corrected chi connectivity index (χ2v) is 22.0. The van der Waals surface area contributed by atoms with Crippen molar-refractivity contribution in [1.82, 2.24) is 0 Å². The molecule has 0 rings (SSSR count). The Balaban J connectivity index is 4.14. The van der Waals surface area contributed by atoms with E-state index in [0.29, 0.717) is 17.4 Å². The Hall–Kier alpha value is -2.29. The Morgan fingerprint density at radius 3 is 1.23 bits per heavy atom. The first-order valence-electron chi connectivity index (χ1n) is 29.0. The lowest BCUT2D eigenvalue weighted by atomic mass is 10.0. The van der Waals surface area contributed by atoms with Crippen LogP contribution in [0.3, 0.4) is 0 Å². The van der Waals surface area contributed by atoms with E-state index in [4.69, 9.17) is 18.5 Å². The maximum Gasteiger partial charge on any atom is 0.306 e. The number of esters is 2. The van der Waals surface area contributed by atoms with Crippen molar-refractivity contribution in [1.29, 1.82) is 0 Å². The van der Waals surface area contributed by atoms with Gasteiger partial charge in [-0.25, -0.2) is 0 Å². The summed E-state index contributed by atoms with van der Waals surface area (Å²) in [4.78, 5) is 37.9. The number of unbranched alkanes of at least 4 members (excludes halogenated alkanes) is 29. The van der Waals surface area contributed by atoms with Gasteiger partial charge in [0.25, 0.3) is 7.82 Å². The monoisotopic (exact) mass is 1000 g/mol. The van der Waals surface area contributed by atoms with Gasteiger partial charge in [-0.2, -0.15) is 0 Å². The molecule has 70 heavy (non-hydrogen) atoms. The molecule has 0 aliphatic rings. The number of quaternary nitrogens is 1. The normalized spacial score (nSPS) is 13.7. The number of likely N-dealkylation sites (N-methyl/N-ethyl adjacent to an activating group) is 1. The summed E-state index contributed by atoms with van der Waals surface area (Å²) >= 11 is 0. The summed E-state index contributed by atoms with van der Waals surface area (Å²) in [6, 6.07) is 0. The van der Waals surface area contributed by atoms with Gasteiger partial charge in [0.1, 0.15) is 19.8 Å². The third-order valence-corrected chi connectivity index (χ3v) is 13.5. The fourth-order valence-electron chi connectivity index (χ4n) is 8.05. The molecule has 408 valence electrons. The van der Waals surface area contributed by atoms with Gasteiger partial charge in [-0.15, -0.1) is 0 Å². The standard InChI is InChI=1S/C60H110NO8P/c1-6-8-10-12-14-16-18-20-22-24-26-27-28-29-30-31-32-33-35-37-39-41-43-45-47-49-51-53-60(63)69-58(57-68-70(64,65)67-55-54-61(3,4)5)56-66-59(62)52-50-48-46-44-42-40-38-36-34-25-23-21-19-17-15-13-11-9-7-2/h8,10,14,16,20-23,26-27,58H,6-7,9,11-13,15,17-19,24-25,28-57H2,1-5H3/b10-8-,16-14-,22-20-,23-21-,27-26-. The van der Waals surface area contributed by atoms with Gasteiger partial charge in [-0.3, -0.25) is 14.2 Å². The summed E-state index contributed by atoms with van der Waals surface area (Å²) < 4.78 is 34.2. The molecule has 0 bridgehead atoms. The summed E-state index contributed by atoms with van der Waals surface area (Å²) in [6.45, 7) is 4.15. The predicted molar refractivity (Wildman–Crippen MR) is 296 cm³/mol. The molecule has 0 aromatic carbocycles. The Kier molecular flexibility index (Phi) is 49.9. The number of rotatable bonds is 53. The van der Waals surface area contributed by atoms with E-state index in [9.17, 15) is 19.0 Å². The minimum absolute atomic E-state index is 0.0318. The van der Waals surface area contributed by atoms with Gasteiger partial charge in [0.2, 0.25) is 0 Å². The smallest absolute Gasteiger partial charge is 0.306 e. The predicted octanol–water partition coefficient (Wildman–Crippen LogP) is 17.3. The van der Waals surface area contributed by atoms with Crippen LogP contribution in [0.2, 0.25) is 0 Å². The molecule has 0 N–H and O–H groups in total. The van der Waals surface area contributed by atoms with Crippen LogP contribution in [0.5, 0.6) is 0 Å². The summed E-state index contributed by atoms with van der Waals surface area (Å²) in [5, 5.41) is 0. The molecule has 2 unspecified atom stereocenters. The van der Waals surface area contributed by atoms with Crippen LogP contribution in [-0.2, 0) is 32.7 Å². The molecule has 9 nitrogen and oxygen atoms in total. The molecule has 0 aliphatic heterocycles. The zero-order valence-corrected chi connectivity index (χ0v) is 47.1. The number of carbonyl (C=O) groups is 2. The van der Waals surface area contributed by atoms with Crippen LogP contribution in [0, 0.1) is 0 Å². The highest BCUT2D eigenvalue weighted by atomic mass is 31.2. The summed E-state index contributed by atoms with van der Waals surface area (Å²) in [7, 11) is 1.17. The van der Waals surface area contributed by atoms with Crippen molar-refractivity contribution in [3.05, 3.63) is 60.8 Å². The van der Waals surface area contributed by atoms with E-state index in [1.807, 2.05) is 21.1 Å². The number of allylic oxidation sites excluding steroid dienone is 10. The molecule has 0 radical (unpaired) electrons. The lowest BCUT2D eigenvalue weighted by Gasteiger charge is -2.28. The van der Waals surface area contributed by atoms with Gasteiger partial charge in [0, 0.05) is 12.8 Å². The van der Waals surface area contributed by atoms with Gasteiger partial charge >= 0.3 is 11.9 Å². The molecule has 0 heterocycles. The van der Waals surface area contributed by atoms with E-state index in [1.54, 1.807) is 0 Å². The van der Waals surface area contributed by atoms with Crippen LogP contribution in [0.1, 0.15) is 258 Å². The Labute approximate surface area is 432 Å². The van der Waals surface area contributed by atoms with Crippen LogP contribution in [0.25, 0.3) is 0 Å². The lowest BCUT2D eigenvalue weighted by Crippen LogP contribution is -2.37. The van der Waals surface area contributed by atoms with Gasteiger partial charge in [-0.05, 0) is 77.0 Å². The van der Waals surface area contributed by atoms with Crippen molar-refractivity contribution in [3.63, 3.8) is 0 Å². The molecule has 0 saturated carbocycles. The average molecular weight is 1000 g/mol. The highest BCUT2D eigenvalue weighted by Crippen LogP contribution is 2.38. The topological polar surface area (TPSA) is 111 Å². The van der Waals surface area contributed by atoms with E-state index in [0.717, 1.165) is 64.2 Å². The summed E-state index contributed by atoms with van der Waals surface area (Å²) in [5.41, 5.74) is 0. The van der Waals surface area contributed by atoms with E-state index in [2.05, 4.69) is 74.6 Å². The molecule has 10 heteroatoms. The van der Waals surface area contributed by atoms with Gasteiger partial charge in [-0.1, -0.05) is 229 Å². The fourth-order valence-corrected chi connectivity index (χ4v) is 8.78. The molecule has 0 aromatic rings.